The fourth-order valence-electron chi connectivity index (χ4n) is 2.15. The molecule has 1 aliphatic carbocycles. The van der Waals surface area contributed by atoms with E-state index in [0.717, 1.165) is 6.42 Å². The molecule has 1 rings (SSSR count). The van der Waals surface area contributed by atoms with Gasteiger partial charge in [-0.1, -0.05) is 34.6 Å². The fraction of sp³-hybridized carbons (Fsp3) is 1.00. The fourth-order valence-corrected chi connectivity index (χ4v) is 2.15. The highest BCUT2D eigenvalue weighted by Gasteiger charge is 2.64. The summed E-state index contributed by atoms with van der Waals surface area (Å²) >= 11 is 0. The average molecular weight is 199 g/mol. The van der Waals surface area contributed by atoms with E-state index in [1.54, 1.807) is 0 Å². The molecule has 0 aromatic rings. The van der Waals surface area contributed by atoms with Crippen molar-refractivity contribution in [2.75, 3.05) is 6.54 Å². The van der Waals surface area contributed by atoms with Crippen LogP contribution in [0, 0.1) is 10.8 Å². The van der Waals surface area contributed by atoms with Crippen LogP contribution >= 0.6 is 0 Å². The largest absolute Gasteiger partial charge is 0.389 e. The van der Waals surface area contributed by atoms with Gasteiger partial charge >= 0.3 is 0 Å². The summed E-state index contributed by atoms with van der Waals surface area (Å²) < 4.78 is 0. The van der Waals surface area contributed by atoms with Gasteiger partial charge in [0.2, 0.25) is 0 Å². The Balaban J connectivity index is 2.43. The molecule has 0 aromatic heterocycles. The average Bonchev–Trinajstić information content (AvgIpc) is 2.41. The van der Waals surface area contributed by atoms with Crippen molar-refractivity contribution in [3.05, 3.63) is 0 Å². The van der Waals surface area contributed by atoms with Crippen LogP contribution in [0.1, 0.15) is 48.0 Å². The molecule has 2 nitrogen and oxygen atoms in total. The van der Waals surface area contributed by atoms with Crippen molar-refractivity contribution in [3.8, 4) is 0 Å². The number of hydrogen-bond donors (Lipinski definition) is 2. The molecule has 84 valence electrons. The smallest absolute Gasteiger partial charge is 0.0741 e. The summed E-state index contributed by atoms with van der Waals surface area (Å²) in [6.45, 7) is 13.7. The predicted molar refractivity (Wildman–Crippen MR) is 60.3 cm³/mol. The van der Waals surface area contributed by atoms with E-state index in [2.05, 4.69) is 33.0 Å². The van der Waals surface area contributed by atoms with Crippen LogP contribution in [-0.2, 0) is 0 Å². The Bertz CT molecular complexity index is 204. The minimum absolute atomic E-state index is 0.358. The maximum atomic E-state index is 9.88. The molecule has 1 fully saturated rings. The molecule has 2 heteroatoms. The Morgan fingerprint density at radius 3 is 1.93 bits per heavy atom. The SMILES string of the molecule is CCC(C)(O)CNC1C(C)(C)C1(C)C. The first-order valence-electron chi connectivity index (χ1n) is 5.61. The molecule has 0 aliphatic heterocycles. The Labute approximate surface area is 88.1 Å². The van der Waals surface area contributed by atoms with Crippen molar-refractivity contribution in [2.24, 2.45) is 10.8 Å². The third kappa shape index (κ3) is 1.82. The normalized spacial score (nSPS) is 28.5. The van der Waals surface area contributed by atoms with Crippen LogP contribution in [0.5, 0.6) is 0 Å². The van der Waals surface area contributed by atoms with Crippen LogP contribution < -0.4 is 5.32 Å². The lowest BCUT2D eigenvalue weighted by Gasteiger charge is -2.22. The lowest BCUT2D eigenvalue weighted by atomic mass is 10.0. The van der Waals surface area contributed by atoms with Crippen LogP contribution in [0.15, 0.2) is 0 Å². The van der Waals surface area contributed by atoms with E-state index in [1.807, 2.05) is 13.8 Å². The van der Waals surface area contributed by atoms with Gasteiger partial charge in [0.25, 0.3) is 0 Å². The predicted octanol–water partition coefficient (Wildman–Crippen LogP) is 2.17. The zero-order chi connectivity index (χ0) is 11.2. The highest BCUT2D eigenvalue weighted by Crippen LogP contribution is 2.62. The maximum absolute atomic E-state index is 9.88. The first-order chi connectivity index (χ1) is 6.15. The van der Waals surface area contributed by atoms with Gasteiger partial charge in [-0.15, -0.1) is 0 Å². The van der Waals surface area contributed by atoms with Gasteiger partial charge in [-0.3, -0.25) is 0 Å². The summed E-state index contributed by atoms with van der Waals surface area (Å²) in [5, 5.41) is 13.4. The van der Waals surface area contributed by atoms with E-state index in [1.165, 1.54) is 0 Å². The second-order valence-electron chi connectivity index (χ2n) is 6.11. The zero-order valence-corrected chi connectivity index (χ0v) is 10.4. The molecule has 0 heterocycles. The molecule has 0 bridgehead atoms. The quantitative estimate of drug-likeness (QED) is 0.727. The lowest BCUT2D eigenvalue weighted by Crippen LogP contribution is -2.39. The van der Waals surface area contributed by atoms with Crippen molar-refractivity contribution in [2.45, 2.75) is 59.6 Å². The monoisotopic (exact) mass is 199 g/mol. The van der Waals surface area contributed by atoms with Gasteiger partial charge in [0, 0.05) is 12.6 Å². The van der Waals surface area contributed by atoms with E-state index >= 15 is 0 Å². The molecule has 1 saturated carbocycles. The first-order valence-corrected chi connectivity index (χ1v) is 5.61. The molecule has 0 radical (unpaired) electrons. The molecular formula is C12H25NO. The van der Waals surface area contributed by atoms with Crippen molar-refractivity contribution in [1.29, 1.82) is 0 Å². The number of nitrogens with one attached hydrogen (secondary N) is 1. The van der Waals surface area contributed by atoms with E-state index in [4.69, 9.17) is 0 Å². The summed E-state index contributed by atoms with van der Waals surface area (Å²) in [6, 6.07) is 0.535. The minimum atomic E-state index is -0.561. The second-order valence-corrected chi connectivity index (χ2v) is 6.11. The van der Waals surface area contributed by atoms with Crippen LogP contribution in [0.3, 0.4) is 0 Å². The lowest BCUT2D eigenvalue weighted by molar-refractivity contribution is 0.0543. The number of rotatable bonds is 4. The number of aliphatic hydroxyl groups is 1. The van der Waals surface area contributed by atoms with Crippen LogP contribution in [-0.4, -0.2) is 23.3 Å². The van der Waals surface area contributed by atoms with Gasteiger partial charge in [-0.05, 0) is 24.2 Å². The first kappa shape index (κ1) is 12.0. The standard InChI is InChI=1S/C12H25NO/c1-7-12(6,14)8-13-9-10(2,3)11(9,4)5/h9,13-14H,7-8H2,1-6H3. The van der Waals surface area contributed by atoms with Gasteiger partial charge in [0.05, 0.1) is 5.60 Å². The van der Waals surface area contributed by atoms with Crippen molar-refractivity contribution < 1.29 is 5.11 Å². The van der Waals surface area contributed by atoms with Gasteiger partial charge in [0.1, 0.15) is 0 Å². The maximum Gasteiger partial charge on any atom is 0.0741 e. The molecule has 0 spiro atoms. The van der Waals surface area contributed by atoms with E-state index in [-0.39, 0.29) is 0 Å². The third-order valence-electron chi connectivity index (χ3n) is 4.47. The van der Waals surface area contributed by atoms with Crippen LogP contribution in [0.2, 0.25) is 0 Å². The molecule has 0 saturated heterocycles. The Morgan fingerprint density at radius 1 is 1.21 bits per heavy atom. The summed E-state index contributed by atoms with van der Waals surface area (Å²) in [5.41, 5.74) is 0.155. The Hall–Kier alpha value is -0.0800. The van der Waals surface area contributed by atoms with Crippen molar-refractivity contribution in [1.82, 2.24) is 5.32 Å². The van der Waals surface area contributed by atoms with Crippen LogP contribution in [0.4, 0.5) is 0 Å². The molecule has 0 amide bonds. The topological polar surface area (TPSA) is 32.3 Å². The third-order valence-corrected chi connectivity index (χ3v) is 4.47. The minimum Gasteiger partial charge on any atom is -0.389 e. The molecule has 1 aliphatic rings. The molecule has 1 unspecified atom stereocenters. The zero-order valence-electron chi connectivity index (χ0n) is 10.4. The molecular weight excluding hydrogens is 174 g/mol. The molecule has 1 atom stereocenters. The van der Waals surface area contributed by atoms with Crippen molar-refractivity contribution in [3.63, 3.8) is 0 Å². The Morgan fingerprint density at radius 2 is 1.64 bits per heavy atom. The van der Waals surface area contributed by atoms with Crippen molar-refractivity contribution >= 4 is 0 Å². The van der Waals surface area contributed by atoms with E-state index < -0.39 is 5.60 Å². The van der Waals surface area contributed by atoms with E-state index in [9.17, 15) is 5.11 Å². The Kier molecular flexibility index (Phi) is 2.75. The molecule has 14 heavy (non-hydrogen) atoms. The van der Waals surface area contributed by atoms with Gasteiger partial charge < -0.3 is 10.4 Å². The van der Waals surface area contributed by atoms with Crippen LogP contribution in [0.25, 0.3) is 0 Å². The highest BCUT2D eigenvalue weighted by molar-refractivity contribution is 5.17. The number of hydrogen-bond acceptors (Lipinski definition) is 2. The molecule has 2 N–H and O–H groups in total. The van der Waals surface area contributed by atoms with Gasteiger partial charge in [-0.25, -0.2) is 0 Å². The summed E-state index contributed by atoms with van der Waals surface area (Å²) in [5.74, 6) is 0. The van der Waals surface area contributed by atoms with E-state index in [0.29, 0.717) is 23.4 Å². The van der Waals surface area contributed by atoms with Gasteiger partial charge in [0.15, 0.2) is 0 Å². The second kappa shape index (κ2) is 3.21. The summed E-state index contributed by atoms with van der Waals surface area (Å²) in [7, 11) is 0. The van der Waals surface area contributed by atoms with Gasteiger partial charge in [-0.2, -0.15) is 0 Å². The summed E-state index contributed by atoms with van der Waals surface area (Å²) in [4.78, 5) is 0. The molecule has 0 aromatic carbocycles. The highest BCUT2D eigenvalue weighted by atomic mass is 16.3. The summed E-state index contributed by atoms with van der Waals surface area (Å²) in [6.07, 6.45) is 0.799.